The predicted octanol–water partition coefficient (Wildman–Crippen LogP) is 1.75. The summed E-state index contributed by atoms with van der Waals surface area (Å²) in [6, 6.07) is -1.26. The van der Waals surface area contributed by atoms with E-state index in [4.69, 9.17) is 5.11 Å². The Morgan fingerprint density at radius 2 is 2.06 bits per heavy atom. The Balaban J connectivity index is 4.09. The molecule has 0 aromatic heterocycles. The summed E-state index contributed by atoms with van der Waals surface area (Å²) in [4.78, 5) is 22.4. The Hall–Kier alpha value is -1.52. The SMILES string of the molecule is C/C=C/CCNC(=O)N[C@H](C(=O)O)[C@@H](C)CC. The number of nitrogens with one attached hydrogen (secondary N) is 2. The molecule has 0 bridgehead atoms. The molecule has 0 aliphatic carbocycles. The van der Waals surface area contributed by atoms with Crippen LogP contribution in [0.3, 0.4) is 0 Å². The van der Waals surface area contributed by atoms with Crippen molar-refractivity contribution >= 4 is 12.0 Å². The fourth-order valence-corrected chi connectivity index (χ4v) is 1.31. The molecule has 0 saturated heterocycles. The summed E-state index contributed by atoms with van der Waals surface area (Å²) in [5, 5.41) is 14.1. The Morgan fingerprint density at radius 1 is 1.41 bits per heavy atom. The molecule has 0 spiro atoms. The van der Waals surface area contributed by atoms with E-state index in [-0.39, 0.29) is 5.92 Å². The number of allylic oxidation sites excluding steroid dienone is 1. The van der Waals surface area contributed by atoms with Gasteiger partial charge in [0.15, 0.2) is 0 Å². The van der Waals surface area contributed by atoms with E-state index in [1.54, 1.807) is 6.92 Å². The van der Waals surface area contributed by atoms with Crippen molar-refractivity contribution in [1.82, 2.24) is 10.6 Å². The van der Waals surface area contributed by atoms with Crippen LogP contribution in [0, 0.1) is 5.92 Å². The zero-order valence-corrected chi connectivity index (χ0v) is 10.7. The highest BCUT2D eigenvalue weighted by atomic mass is 16.4. The number of carbonyl (C=O) groups excluding carboxylic acids is 1. The maximum atomic E-state index is 11.4. The zero-order valence-electron chi connectivity index (χ0n) is 10.7. The van der Waals surface area contributed by atoms with Gasteiger partial charge in [-0.05, 0) is 19.3 Å². The zero-order chi connectivity index (χ0) is 13.3. The van der Waals surface area contributed by atoms with Crippen molar-refractivity contribution in [3.05, 3.63) is 12.2 Å². The van der Waals surface area contributed by atoms with Gasteiger partial charge in [0.2, 0.25) is 0 Å². The first-order valence-electron chi connectivity index (χ1n) is 5.91. The van der Waals surface area contributed by atoms with E-state index in [2.05, 4.69) is 10.6 Å². The van der Waals surface area contributed by atoms with Crippen molar-refractivity contribution in [2.75, 3.05) is 6.54 Å². The van der Waals surface area contributed by atoms with Crippen molar-refractivity contribution in [1.29, 1.82) is 0 Å². The summed E-state index contributed by atoms with van der Waals surface area (Å²) in [7, 11) is 0. The number of carbonyl (C=O) groups is 2. The maximum Gasteiger partial charge on any atom is 0.326 e. The van der Waals surface area contributed by atoms with E-state index >= 15 is 0 Å². The quantitative estimate of drug-likeness (QED) is 0.470. The highest BCUT2D eigenvalue weighted by Gasteiger charge is 2.24. The summed E-state index contributed by atoms with van der Waals surface area (Å²) in [5.41, 5.74) is 0. The number of hydrogen-bond donors (Lipinski definition) is 3. The molecule has 0 aliphatic rings. The second-order valence-corrected chi connectivity index (χ2v) is 3.96. The summed E-state index contributed by atoms with van der Waals surface area (Å²) < 4.78 is 0. The van der Waals surface area contributed by atoms with Crippen LogP contribution in [0.5, 0.6) is 0 Å². The second-order valence-electron chi connectivity index (χ2n) is 3.96. The van der Waals surface area contributed by atoms with Crippen LogP contribution in [0.25, 0.3) is 0 Å². The van der Waals surface area contributed by atoms with Crippen LogP contribution in [0.1, 0.15) is 33.6 Å². The summed E-state index contributed by atoms with van der Waals surface area (Å²) in [6.45, 7) is 6.11. The minimum atomic E-state index is -0.997. The van der Waals surface area contributed by atoms with Crippen LogP contribution in [-0.2, 0) is 4.79 Å². The first-order chi connectivity index (χ1) is 8.02. The minimum absolute atomic E-state index is 0.0891. The van der Waals surface area contributed by atoms with Gasteiger partial charge in [-0.3, -0.25) is 0 Å². The fraction of sp³-hybridized carbons (Fsp3) is 0.667. The van der Waals surface area contributed by atoms with Crippen molar-refractivity contribution in [2.24, 2.45) is 5.92 Å². The molecule has 0 aliphatic heterocycles. The van der Waals surface area contributed by atoms with E-state index in [1.807, 2.05) is 26.0 Å². The Labute approximate surface area is 102 Å². The Morgan fingerprint density at radius 3 is 2.53 bits per heavy atom. The molecule has 17 heavy (non-hydrogen) atoms. The van der Waals surface area contributed by atoms with Crippen molar-refractivity contribution < 1.29 is 14.7 Å². The molecule has 0 rings (SSSR count). The third-order valence-corrected chi connectivity index (χ3v) is 2.60. The molecule has 2 amide bonds. The third kappa shape index (κ3) is 6.60. The van der Waals surface area contributed by atoms with Gasteiger partial charge in [0.25, 0.3) is 0 Å². The largest absolute Gasteiger partial charge is 0.480 e. The van der Waals surface area contributed by atoms with E-state index in [1.165, 1.54) is 0 Å². The number of carboxylic acid groups (broad SMARTS) is 1. The fourth-order valence-electron chi connectivity index (χ4n) is 1.31. The lowest BCUT2D eigenvalue weighted by Gasteiger charge is -2.20. The molecule has 5 heteroatoms. The number of aliphatic carboxylic acids is 1. The van der Waals surface area contributed by atoms with Gasteiger partial charge in [-0.2, -0.15) is 0 Å². The molecular formula is C12H22N2O3. The van der Waals surface area contributed by atoms with E-state index < -0.39 is 18.0 Å². The van der Waals surface area contributed by atoms with Crippen molar-refractivity contribution in [2.45, 2.75) is 39.7 Å². The average molecular weight is 242 g/mol. The van der Waals surface area contributed by atoms with Gasteiger partial charge in [0.05, 0.1) is 0 Å². The first-order valence-corrected chi connectivity index (χ1v) is 5.91. The van der Waals surface area contributed by atoms with Gasteiger partial charge < -0.3 is 15.7 Å². The lowest BCUT2D eigenvalue weighted by molar-refractivity contribution is -0.140. The lowest BCUT2D eigenvalue weighted by atomic mass is 9.99. The third-order valence-electron chi connectivity index (χ3n) is 2.60. The van der Waals surface area contributed by atoms with Crippen LogP contribution in [-0.4, -0.2) is 29.7 Å². The van der Waals surface area contributed by atoms with E-state index in [0.717, 1.165) is 6.42 Å². The maximum absolute atomic E-state index is 11.4. The van der Waals surface area contributed by atoms with E-state index in [9.17, 15) is 9.59 Å². The van der Waals surface area contributed by atoms with Crippen LogP contribution >= 0.6 is 0 Å². The molecular weight excluding hydrogens is 220 g/mol. The number of carboxylic acids is 1. The molecule has 0 radical (unpaired) electrons. The van der Waals surface area contributed by atoms with Gasteiger partial charge in [0, 0.05) is 6.54 Å². The molecule has 98 valence electrons. The van der Waals surface area contributed by atoms with Crippen LogP contribution in [0.4, 0.5) is 4.79 Å². The first kappa shape index (κ1) is 15.5. The molecule has 5 nitrogen and oxygen atoms in total. The van der Waals surface area contributed by atoms with Crippen molar-refractivity contribution in [3.8, 4) is 0 Å². The summed E-state index contributed by atoms with van der Waals surface area (Å²) in [6.07, 6.45) is 5.28. The number of hydrogen-bond acceptors (Lipinski definition) is 2. The summed E-state index contributed by atoms with van der Waals surface area (Å²) in [5.74, 6) is -1.09. The van der Waals surface area contributed by atoms with E-state index in [0.29, 0.717) is 13.0 Å². The second kappa shape index (κ2) is 8.61. The average Bonchev–Trinajstić information content (AvgIpc) is 2.30. The monoisotopic (exact) mass is 242 g/mol. The molecule has 2 atom stereocenters. The Kier molecular flexibility index (Phi) is 7.84. The van der Waals surface area contributed by atoms with Crippen molar-refractivity contribution in [3.63, 3.8) is 0 Å². The normalized spacial score (nSPS) is 14.3. The van der Waals surface area contributed by atoms with Gasteiger partial charge in [-0.1, -0.05) is 32.4 Å². The van der Waals surface area contributed by atoms with Gasteiger partial charge in [-0.15, -0.1) is 0 Å². The molecule has 0 saturated carbocycles. The molecule has 0 heterocycles. The van der Waals surface area contributed by atoms with Gasteiger partial charge >= 0.3 is 12.0 Å². The number of urea groups is 1. The van der Waals surface area contributed by atoms with Crippen LogP contribution < -0.4 is 10.6 Å². The highest BCUT2D eigenvalue weighted by molar-refractivity contribution is 5.82. The minimum Gasteiger partial charge on any atom is -0.480 e. The highest BCUT2D eigenvalue weighted by Crippen LogP contribution is 2.07. The predicted molar refractivity (Wildman–Crippen MR) is 66.8 cm³/mol. The van der Waals surface area contributed by atoms with Gasteiger partial charge in [0.1, 0.15) is 6.04 Å². The molecule has 0 aromatic carbocycles. The summed E-state index contributed by atoms with van der Waals surface area (Å²) >= 11 is 0. The number of amides is 2. The lowest BCUT2D eigenvalue weighted by Crippen LogP contribution is -2.49. The standard InChI is InChI=1S/C12H22N2O3/c1-4-6-7-8-13-12(17)14-10(11(15)16)9(3)5-2/h4,6,9-10H,5,7-8H2,1-3H3,(H,15,16)(H2,13,14,17)/b6-4+/t9-,10-/m0/s1. The molecule has 3 N–H and O–H groups in total. The molecule has 0 aromatic rings. The molecule has 0 unspecified atom stereocenters. The Bertz CT molecular complexity index is 277. The smallest absolute Gasteiger partial charge is 0.326 e. The van der Waals surface area contributed by atoms with Crippen LogP contribution in [0.2, 0.25) is 0 Å². The number of rotatable bonds is 7. The topological polar surface area (TPSA) is 78.4 Å². The molecule has 0 fully saturated rings. The van der Waals surface area contributed by atoms with Crippen LogP contribution in [0.15, 0.2) is 12.2 Å². The van der Waals surface area contributed by atoms with Gasteiger partial charge in [-0.25, -0.2) is 9.59 Å².